The first-order valence-electron chi connectivity index (χ1n) is 4.97. The summed E-state index contributed by atoms with van der Waals surface area (Å²) in [7, 11) is 0. The summed E-state index contributed by atoms with van der Waals surface area (Å²) in [6.07, 6.45) is 4.75. The molecule has 2 unspecified atom stereocenters. The van der Waals surface area contributed by atoms with Gasteiger partial charge in [0.2, 0.25) is 0 Å². The lowest BCUT2D eigenvalue weighted by Gasteiger charge is -2.10. The van der Waals surface area contributed by atoms with Gasteiger partial charge in [0.1, 0.15) is 6.26 Å². The lowest BCUT2D eigenvalue weighted by molar-refractivity contribution is 0.0928. The molecule has 1 aromatic rings. The van der Waals surface area contributed by atoms with Crippen molar-refractivity contribution in [2.75, 3.05) is 0 Å². The normalized spacial score (nSPS) is 26.4. The molecule has 0 aliphatic heterocycles. The molecule has 76 valence electrons. The van der Waals surface area contributed by atoms with Crippen LogP contribution in [0.25, 0.3) is 0 Å². The van der Waals surface area contributed by atoms with E-state index in [1.807, 2.05) is 0 Å². The highest BCUT2D eigenvalue weighted by Gasteiger charge is 2.23. The molecule has 1 aliphatic carbocycles. The van der Waals surface area contributed by atoms with E-state index in [1.165, 1.54) is 12.7 Å². The summed E-state index contributed by atoms with van der Waals surface area (Å²) >= 11 is 0. The second-order valence-electron chi connectivity index (χ2n) is 3.97. The van der Waals surface area contributed by atoms with Crippen LogP contribution in [0.4, 0.5) is 0 Å². The molecule has 0 spiro atoms. The number of aromatic nitrogens is 1. The first-order chi connectivity index (χ1) is 6.75. The summed E-state index contributed by atoms with van der Waals surface area (Å²) in [5.74, 6) is 0.593. The van der Waals surface area contributed by atoms with Crippen molar-refractivity contribution >= 4 is 5.91 Å². The van der Waals surface area contributed by atoms with E-state index < -0.39 is 0 Å². The molecule has 14 heavy (non-hydrogen) atoms. The summed E-state index contributed by atoms with van der Waals surface area (Å²) in [5.41, 5.74) is 0.365. The molecule has 0 bridgehead atoms. The minimum absolute atomic E-state index is 0.127. The molecule has 0 saturated heterocycles. The lowest BCUT2D eigenvalue weighted by Crippen LogP contribution is -2.33. The summed E-state index contributed by atoms with van der Waals surface area (Å²) in [5, 5.41) is 6.54. The third kappa shape index (κ3) is 1.95. The molecule has 4 heteroatoms. The summed E-state index contributed by atoms with van der Waals surface area (Å²) in [4.78, 5) is 11.5. The SMILES string of the molecule is CC1CCC(NC(=O)c2ccon2)C1. The van der Waals surface area contributed by atoms with E-state index in [9.17, 15) is 4.79 Å². The molecule has 4 nitrogen and oxygen atoms in total. The Labute approximate surface area is 82.7 Å². The zero-order valence-electron chi connectivity index (χ0n) is 8.19. The third-order valence-electron chi connectivity index (χ3n) is 2.70. The monoisotopic (exact) mass is 194 g/mol. The van der Waals surface area contributed by atoms with Gasteiger partial charge in [0.15, 0.2) is 5.69 Å². The topological polar surface area (TPSA) is 55.1 Å². The standard InChI is InChI=1S/C10H14N2O2/c1-7-2-3-8(6-7)11-10(13)9-4-5-14-12-9/h4-5,7-8H,2-3,6H2,1H3,(H,11,13). The number of carbonyl (C=O) groups is 1. The Kier molecular flexibility index (Phi) is 2.52. The van der Waals surface area contributed by atoms with Crippen LogP contribution in [0.2, 0.25) is 0 Å². The highest BCUT2D eigenvalue weighted by atomic mass is 16.5. The summed E-state index contributed by atoms with van der Waals surface area (Å²) in [6, 6.07) is 1.89. The Balaban J connectivity index is 1.89. The van der Waals surface area contributed by atoms with Crippen molar-refractivity contribution in [3.05, 3.63) is 18.0 Å². The van der Waals surface area contributed by atoms with Crippen molar-refractivity contribution in [3.63, 3.8) is 0 Å². The van der Waals surface area contributed by atoms with Gasteiger partial charge >= 0.3 is 0 Å². The maximum atomic E-state index is 11.5. The van der Waals surface area contributed by atoms with Crippen molar-refractivity contribution in [2.45, 2.75) is 32.2 Å². The molecule has 1 saturated carbocycles. The Morgan fingerprint density at radius 2 is 2.50 bits per heavy atom. The maximum absolute atomic E-state index is 11.5. The fourth-order valence-corrected chi connectivity index (χ4v) is 1.93. The van der Waals surface area contributed by atoms with E-state index in [-0.39, 0.29) is 5.91 Å². The van der Waals surface area contributed by atoms with Crippen molar-refractivity contribution in [2.24, 2.45) is 5.92 Å². The molecule has 1 N–H and O–H groups in total. The van der Waals surface area contributed by atoms with Gasteiger partial charge in [-0.05, 0) is 25.2 Å². The number of rotatable bonds is 2. The van der Waals surface area contributed by atoms with Crippen molar-refractivity contribution in [1.82, 2.24) is 10.5 Å². The molecule has 1 aliphatic rings. The number of hydrogen-bond acceptors (Lipinski definition) is 3. The van der Waals surface area contributed by atoms with Gasteiger partial charge in [0.05, 0.1) is 0 Å². The van der Waals surface area contributed by atoms with E-state index >= 15 is 0 Å². The molecule has 1 fully saturated rings. The van der Waals surface area contributed by atoms with Gasteiger partial charge in [-0.1, -0.05) is 12.1 Å². The molecular formula is C10H14N2O2. The lowest BCUT2D eigenvalue weighted by atomic mass is 10.1. The molecule has 1 aromatic heterocycles. The van der Waals surface area contributed by atoms with Crippen LogP contribution in [-0.4, -0.2) is 17.1 Å². The van der Waals surface area contributed by atoms with E-state index in [0.29, 0.717) is 11.7 Å². The number of amides is 1. The van der Waals surface area contributed by atoms with Crippen LogP contribution in [0.15, 0.2) is 16.9 Å². The minimum atomic E-state index is -0.127. The Morgan fingerprint density at radius 3 is 3.07 bits per heavy atom. The second-order valence-corrected chi connectivity index (χ2v) is 3.97. The molecule has 2 atom stereocenters. The van der Waals surface area contributed by atoms with Crippen LogP contribution in [0.3, 0.4) is 0 Å². The van der Waals surface area contributed by atoms with Gasteiger partial charge in [-0.2, -0.15) is 0 Å². The van der Waals surface area contributed by atoms with Crippen molar-refractivity contribution in [3.8, 4) is 0 Å². The van der Waals surface area contributed by atoms with E-state index in [2.05, 4.69) is 21.9 Å². The van der Waals surface area contributed by atoms with Gasteiger partial charge < -0.3 is 9.84 Å². The minimum Gasteiger partial charge on any atom is -0.364 e. The number of nitrogens with zero attached hydrogens (tertiary/aromatic N) is 1. The van der Waals surface area contributed by atoms with Crippen LogP contribution in [0.5, 0.6) is 0 Å². The quantitative estimate of drug-likeness (QED) is 0.777. The average Bonchev–Trinajstić information content (AvgIpc) is 2.75. The predicted molar refractivity (Wildman–Crippen MR) is 50.8 cm³/mol. The molecule has 2 rings (SSSR count). The van der Waals surface area contributed by atoms with E-state index in [1.54, 1.807) is 6.07 Å². The van der Waals surface area contributed by atoms with Crippen molar-refractivity contribution in [1.29, 1.82) is 0 Å². The molecule has 0 radical (unpaired) electrons. The van der Waals surface area contributed by atoms with Crippen LogP contribution in [-0.2, 0) is 0 Å². The van der Waals surface area contributed by atoms with E-state index in [4.69, 9.17) is 0 Å². The Hall–Kier alpha value is -1.32. The molecular weight excluding hydrogens is 180 g/mol. The Bertz CT molecular complexity index is 308. The second kappa shape index (κ2) is 3.82. The van der Waals surface area contributed by atoms with Gasteiger partial charge in [-0.3, -0.25) is 4.79 Å². The highest BCUT2D eigenvalue weighted by molar-refractivity contribution is 5.92. The largest absolute Gasteiger partial charge is 0.364 e. The number of hydrogen-bond donors (Lipinski definition) is 1. The Morgan fingerprint density at radius 1 is 1.64 bits per heavy atom. The molecule has 1 amide bonds. The predicted octanol–water partition coefficient (Wildman–Crippen LogP) is 1.59. The van der Waals surface area contributed by atoms with Gasteiger partial charge in [-0.25, -0.2) is 0 Å². The first-order valence-corrected chi connectivity index (χ1v) is 4.97. The number of nitrogens with one attached hydrogen (secondary N) is 1. The van der Waals surface area contributed by atoms with Crippen LogP contribution < -0.4 is 5.32 Å². The number of carbonyl (C=O) groups excluding carboxylic acids is 1. The smallest absolute Gasteiger partial charge is 0.273 e. The van der Waals surface area contributed by atoms with Crippen LogP contribution in [0, 0.1) is 5.92 Å². The van der Waals surface area contributed by atoms with Gasteiger partial charge in [0, 0.05) is 12.1 Å². The van der Waals surface area contributed by atoms with Gasteiger partial charge in [0.25, 0.3) is 5.91 Å². The fourth-order valence-electron chi connectivity index (χ4n) is 1.93. The van der Waals surface area contributed by atoms with Crippen LogP contribution >= 0.6 is 0 Å². The zero-order valence-corrected chi connectivity index (χ0v) is 8.19. The maximum Gasteiger partial charge on any atom is 0.273 e. The molecule has 1 heterocycles. The third-order valence-corrected chi connectivity index (χ3v) is 2.70. The molecule has 0 aromatic carbocycles. The zero-order chi connectivity index (χ0) is 9.97. The summed E-state index contributed by atoms with van der Waals surface area (Å²) in [6.45, 7) is 2.21. The van der Waals surface area contributed by atoms with Crippen molar-refractivity contribution < 1.29 is 9.32 Å². The average molecular weight is 194 g/mol. The summed E-state index contributed by atoms with van der Waals surface area (Å²) < 4.78 is 4.61. The first kappa shape index (κ1) is 9.24. The van der Waals surface area contributed by atoms with Crippen LogP contribution in [0.1, 0.15) is 36.7 Å². The highest BCUT2D eigenvalue weighted by Crippen LogP contribution is 2.24. The van der Waals surface area contributed by atoms with E-state index in [0.717, 1.165) is 18.8 Å². The fraction of sp³-hybridized carbons (Fsp3) is 0.600. The van der Waals surface area contributed by atoms with Gasteiger partial charge in [-0.15, -0.1) is 0 Å².